The van der Waals surface area contributed by atoms with E-state index in [1.165, 1.54) is 0 Å². The standard InChI is InChI=1S/C26H26N2O3/c1-3-31-24-11-7-6-10-22(24)27-25(29)16-23(19-14-12-18(2)13-15-19)28-17-20-8-4-5-9-21(20)26(28)30/h4-15,23H,3,16-17H2,1-2H3,(H,27,29). The Balaban J connectivity index is 1.59. The maximum atomic E-state index is 13.1. The maximum Gasteiger partial charge on any atom is 0.255 e. The Morgan fingerprint density at radius 3 is 2.48 bits per heavy atom. The van der Waals surface area contributed by atoms with Crippen LogP contribution in [0.15, 0.2) is 72.8 Å². The van der Waals surface area contributed by atoms with Crippen LogP contribution in [0, 0.1) is 6.92 Å². The van der Waals surface area contributed by atoms with Crippen molar-refractivity contribution >= 4 is 17.5 Å². The molecule has 5 nitrogen and oxygen atoms in total. The van der Waals surface area contributed by atoms with Crippen LogP contribution in [0.4, 0.5) is 5.69 Å². The highest BCUT2D eigenvalue weighted by Gasteiger charge is 2.34. The van der Waals surface area contributed by atoms with Gasteiger partial charge in [-0.15, -0.1) is 0 Å². The summed E-state index contributed by atoms with van der Waals surface area (Å²) in [6.45, 7) is 4.94. The number of carbonyl (C=O) groups excluding carboxylic acids is 2. The minimum absolute atomic E-state index is 0.0382. The van der Waals surface area contributed by atoms with Crippen LogP contribution in [0.5, 0.6) is 5.75 Å². The van der Waals surface area contributed by atoms with Crippen LogP contribution in [0.2, 0.25) is 0 Å². The number of aryl methyl sites for hydroxylation is 1. The number of fused-ring (bicyclic) bond motifs is 1. The van der Waals surface area contributed by atoms with Crippen molar-refractivity contribution in [2.45, 2.75) is 32.9 Å². The molecule has 0 radical (unpaired) electrons. The van der Waals surface area contributed by atoms with E-state index in [4.69, 9.17) is 4.74 Å². The predicted molar refractivity (Wildman–Crippen MR) is 121 cm³/mol. The van der Waals surface area contributed by atoms with Gasteiger partial charge in [-0.25, -0.2) is 0 Å². The van der Waals surface area contributed by atoms with Crippen LogP contribution >= 0.6 is 0 Å². The first-order chi connectivity index (χ1) is 15.1. The largest absolute Gasteiger partial charge is 0.492 e. The van der Waals surface area contributed by atoms with Crippen molar-refractivity contribution in [3.63, 3.8) is 0 Å². The van der Waals surface area contributed by atoms with Crippen LogP contribution in [0.3, 0.4) is 0 Å². The fourth-order valence-corrected chi connectivity index (χ4v) is 3.95. The highest BCUT2D eigenvalue weighted by molar-refractivity contribution is 5.99. The first kappa shape index (κ1) is 20.7. The molecule has 0 spiro atoms. The molecule has 1 heterocycles. The number of benzene rings is 3. The van der Waals surface area contributed by atoms with Crippen LogP contribution in [0.25, 0.3) is 0 Å². The number of amides is 2. The number of hydrogen-bond donors (Lipinski definition) is 1. The van der Waals surface area contributed by atoms with E-state index in [0.29, 0.717) is 30.2 Å². The molecule has 1 N–H and O–H groups in total. The molecular formula is C26H26N2O3. The van der Waals surface area contributed by atoms with Crippen molar-refractivity contribution in [1.29, 1.82) is 0 Å². The molecule has 0 aliphatic carbocycles. The molecule has 2 amide bonds. The summed E-state index contributed by atoms with van der Waals surface area (Å²) >= 11 is 0. The van der Waals surface area contributed by atoms with Gasteiger partial charge in [-0.2, -0.15) is 0 Å². The van der Waals surface area contributed by atoms with Gasteiger partial charge < -0.3 is 15.0 Å². The smallest absolute Gasteiger partial charge is 0.255 e. The average molecular weight is 415 g/mol. The molecule has 0 aromatic heterocycles. The van der Waals surface area contributed by atoms with Crippen LogP contribution < -0.4 is 10.1 Å². The molecule has 1 unspecified atom stereocenters. The lowest BCUT2D eigenvalue weighted by molar-refractivity contribution is -0.117. The Morgan fingerprint density at radius 1 is 1.03 bits per heavy atom. The van der Waals surface area contributed by atoms with E-state index in [1.54, 1.807) is 4.90 Å². The fraction of sp³-hybridized carbons (Fsp3) is 0.231. The second kappa shape index (κ2) is 9.04. The van der Waals surface area contributed by atoms with Crippen LogP contribution in [0.1, 0.15) is 46.4 Å². The second-order valence-electron chi connectivity index (χ2n) is 7.70. The number of para-hydroxylation sites is 2. The highest BCUT2D eigenvalue weighted by Crippen LogP contribution is 2.34. The summed E-state index contributed by atoms with van der Waals surface area (Å²) in [4.78, 5) is 28.0. The first-order valence-corrected chi connectivity index (χ1v) is 10.5. The monoisotopic (exact) mass is 414 g/mol. The SMILES string of the molecule is CCOc1ccccc1NC(=O)CC(c1ccc(C)cc1)N1Cc2ccccc2C1=O. The number of carbonyl (C=O) groups is 2. The lowest BCUT2D eigenvalue weighted by atomic mass is 10.00. The highest BCUT2D eigenvalue weighted by atomic mass is 16.5. The van der Waals surface area contributed by atoms with Gasteiger partial charge in [-0.3, -0.25) is 9.59 Å². The van der Waals surface area contributed by atoms with E-state index in [-0.39, 0.29) is 24.3 Å². The lowest BCUT2D eigenvalue weighted by Gasteiger charge is -2.28. The molecule has 0 saturated carbocycles. The summed E-state index contributed by atoms with van der Waals surface area (Å²) in [7, 11) is 0. The van der Waals surface area contributed by atoms with Gasteiger partial charge in [0.2, 0.25) is 5.91 Å². The van der Waals surface area contributed by atoms with E-state index < -0.39 is 0 Å². The summed E-state index contributed by atoms with van der Waals surface area (Å²) in [6, 6.07) is 22.7. The Hall–Kier alpha value is -3.60. The topological polar surface area (TPSA) is 58.6 Å². The van der Waals surface area contributed by atoms with E-state index >= 15 is 0 Å². The molecule has 0 fully saturated rings. The summed E-state index contributed by atoms with van der Waals surface area (Å²) in [5.74, 6) is 0.431. The Labute approximate surface area is 182 Å². The van der Waals surface area contributed by atoms with Crippen LogP contribution in [-0.4, -0.2) is 23.3 Å². The van der Waals surface area contributed by atoms with Gasteiger partial charge in [0.15, 0.2) is 0 Å². The Kier molecular flexibility index (Phi) is 6.03. The van der Waals surface area contributed by atoms with E-state index in [2.05, 4.69) is 5.32 Å². The second-order valence-corrected chi connectivity index (χ2v) is 7.70. The number of rotatable bonds is 7. The molecule has 1 aliphatic rings. The number of nitrogens with one attached hydrogen (secondary N) is 1. The maximum absolute atomic E-state index is 13.1. The Bertz CT molecular complexity index is 1090. The summed E-state index contributed by atoms with van der Waals surface area (Å²) in [5.41, 5.74) is 4.41. The quantitative estimate of drug-likeness (QED) is 0.584. The van der Waals surface area contributed by atoms with Crippen molar-refractivity contribution in [3.8, 4) is 5.75 Å². The summed E-state index contributed by atoms with van der Waals surface area (Å²) in [5, 5.41) is 2.96. The normalized spacial score (nSPS) is 13.6. The molecule has 31 heavy (non-hydrogen) atoms. The summed E-state index contributed by atoms with van der Waals surface area (Å²) in [6.07, 6.45) is 0.156. The molecule has 1 aliphatic heterocycles. The molecule has 3 aromatic rings. The van der Waals surface area contributed by atoms with Gasteiger partial charge in [0, 0.05) is 12.1 Å². The van der Waals surface area contributed by atoms with Crippen molar-refractivity contribution in [3.05, 3.63) is 95.1 Å². The molecule has 3 aromatic carbocycles. The molecule has 0 bridgehead atoms. The summed E-state index contributed by atoms with van der Waals surface area (Å²) < 4.78 is 5.62. The fourth-order valence-electron chi connectivity index (χ4n) is 3.95. The van der Waals surface area contributed by atoms with E-state index in [1.807, 2.05) is 86.6 Å². The zero-order valence-electron chi connectivity index (χ0n) is 17.8. The zero-order chi connectivity index (χ0) is 21.8. The first-order valence-electron chi connectivity index (χ1n) is 10.5. The van der Waals surface area contributed by atoms with Gasteiger partial charge in [0.1, 0.15) is 5.75 Å². The van der Waals surface area contributed by atoms with E-state index in [9.17, 15) is 9.59 Å². The van der Waals surface area contributed by atoms with Gasteiger partial charge in [0.25, 0.3) is 5.91 Å². The molecule has 0 saturated heterocycles. The minimum Gasteiger partial charge on any atom is -0.492 e. The molecular weight excluding hydrogens is 388 g/mol. The van der Waals surface area contributed by atoms with Crippen LogP contribution in [-0.2, 0) is 11.3 Å². The predicted octanol–water partition coefficient (Wildman–Crippen LogP) is 5.12. The molecule has 1 atom stereocenters. The number of ether oxygens (including phenoxy) is 1. The average Bonchev–Trinajstić information content (AvgIpc) is 3.11. The molecule has 158 valence electrons. The van der Waals surface area contributed by atoms with Crippen molar-refractivity contribution < 1.29 is 14.3 Å². The lowest BCUT2D eigenvalue weighted by Crippen LogP contribution is -2.32. The zero-order valence-corrected chi connectivity index (χ0v) is 17.8. The number of anilines is 1. The van der Waals surface area contributed by atoms with Gasteiger partial charge in [-0.1, -0.05) is 60.2 Å². The third-order valence-electron chi connectivity index (χ3n) is 5.53. The van der Waals surface area contributed by atoms with Crippen molar-refractivity contribution in [2.75, 3.05) is 11.9 Å². The number of hydrogen-bond acceptors (Lipinski definition) is 3. The number of nitrogens with zero attached hydrogens (tertiary/aromatic N) is 1. The molecule has 4 rings (SSSR count). The van der Waals surface area contributed by atoms with Crippen molar-refractivity contribution in [1.82, 2.24) is 4.90 Å². The van der Waals surface area contributed by atoms with Gasteiger partial charge >= 0.3 is 0 Å². The van der Waals surface area contributed by atoms with Crippen molar-refractivity contribution in [2.24, 2.45) is 0 Å². The third-order valence-corrected chi connectivity index (χ3v) is 5.53. The molecule has 5 heteroatoms. The van der Waals surface area contributed by atoms with E-state index in [0.717, 1.165) is 16.7 Å². The van der Waals surface area contributed by atoms with Gasteiger partial charge in [0.05, 0.1) is 24.8 Å². The van der Waals surface area contributed by atoms with Gasteiger partial charge in [-0.05, 0) is 43.2 Å². The third kappa shape index (κ3) is 4.45. The Morgan fingerprint density at radius 2 is 1.74 bits per heavy atom. The minimum atomic E-state index is -0.361.